The van der Waals surface area contributed by atoms with E-state index in [0.717, 1.165) is 4.90 Å². The highest BCUT2D eigenvalue weighted by Gasteiger charge is 2.44. The molecule has 0 saturated carbocycles. The number of hydrogen-bond acceptors (Lipinski definition) is 7. The maximum Gasteiger partial charge on any atom is 0.354 e. The van der Waals surface area contributed by atoms with E-state index in [9.17, 15) is 29.6 Å². The van der Waals surface area contributed by atoms with Crippen LogP contribution in [0.2, 0.25) is 0 Å². The zero-order valence-corrected chi connectivity index (χ0v) is 20.3. The minimum absolute atomic E-state index is 0.0726. The predicted octanol–water partition coefficient (Wildman–Crippen LogP) is 0.0849. The number of amides is 1. The van der Waals surface area contributed by atoms with Gasteiger partial charge in [0.1, 0.15) is 5.69 Å². The summed E-state index contributed by atoms with van der Waals surface area (Å²) >= 11 is 0. The van der Waals surface area contributed by atoms with Gasteiger partial charge in [-0.25, -0.2) is 4.79 Å². The second-order valence-corrected chi connectivity index (χ2v) is 8.75. The molecule has 1 fully saturated rings. The lowest BCUT2D eigenvalue weighted by molar-refractivity contribution is -0.858. The Labute approximate surface area is 202 Å². The van der Waals surface area contributed by atoms with Crippen molar-refractivity contribution in [2.24, 2.45) is 0 Å². The average molecular weight is 485 g/mol. The summed E-state index contributed by atoms with van der Waals surface area (Å²) in [4.78, 5) is 54.4. The van der Waals surface area contributed by atoms with Crippen LogP contribution in [0.4, 0.5) is 5.69 Å². The molecular weight excluding hydrogens is 456 g/mol. The van der Waals surface area contributed by atoms with Crippen LogP contribution in [0, 0.1) is 24.0 Å². The number of likely N-dealkylation sites (tertiary alicyclic amines) is 1. The second kappa shape index (κ2) is 10.1. The predicted molar refractivity (Wildman–Crippen MR) is 123 cm³/mol. The summed E-state index contributed by atoms with van der Waals surface area (Å²) < 4.78 is 4.75. The molecular formula is C24H28N4O7. The van der Waals surface area contributed by atoms with Gasteiger partial charge in [-0.05, 0) is 30.5 Å². The van der Waals surface area contributed by atoms with Gasteiger partial charge in [-0.1, -0.05) is 17.9 Å². The van der Waals surface area contributed by atoms with Crippen molar-refractivity contribution in [2.45, 2.75) is 26.3 Å². The zero-order valence-electron chi connectivity index (χ0n) is 20.3. The number of nitrogens with one attached hydrogen (secondary N) is 2. The lowest BCUT2D eigenvalue weighted by Gasteiger charge is -2.27. The number of hydrogen-bond donors (Lipinski definition) is 2. The number of ketones is 1. The number of methoxy groups -OCH3 is 1. The fourth-order valence-electron chi connectivity index (χ4n) is 4.39. The number of H-pyrrole nitrogens is 1. The number of quaternary nitrogens is 1. The molecule has 1 amide bonds. The number of nitrogens with zero attached hydrogens (tertiary/aromatic N) is 2. The van der Waals surface area contributed by atoms with Gasteiger partial charge in [-0.3, -0.25) is 19.7 Å². The Morgan fingerprint density at radius 3 is 2.54 bits per heavy atom. The first kappa shape index (κ1) is 25.6. The van der Waals surface area contributed by atoms with Crippen LogP contribution < -0.4 is 10.0 Å². The van der Waals surface area contributed by atoms with Crippen molar-refractivity contribution in [3.05, 3.63) is 68.0 Å². The Bertz CT molecular complexity index is 1230. The van der Waals surface area contributed by atoms with E-state index in [1.165, 1.54) is 30.2 Å². The van der Waals surface area contributed by atoms with Crippen LogP contribution in [-0.2, 0) is 14.3 Å². The van der Waals surface area contributed by atoms with Crippen LogP contribution in [0.3, 0.4) is 0 Å². The number of carbonyl (C=O) groups is 3. The highest BCUT2D eigenvalue weighted by Crippen LogP contribution is 2.40. The maximum atomic E-state index is 13.8. The van der Waals surface area contributed by atoms with Gasteiger partial charge in [-0.15, -0.1) is 0 Å². The SMILES string of the molecule is COC(=O)c1[nH]c(C)c(C([O-])=C2C(=O)C(=O)N(CCC[NH+](C)C)C2c2cccc([N+](=O)[O-])c2)c1C. The standard InChI is InChI=1S/C24H28N4O7/c1-13-17(14(2)25-19(13)24(32)35-5)21(29)18-20(15-8-6-9-16(12-15)28(33)34)27(23(31)22(18)30)11-7-10-26(3)4/h6,8-9,12,20,25,29H,7,10-11H2,1-5H3. The van der Waals surface area contributed by atoms with E-state index >= 15 is 0 Å². The Kier molecular flexibility index (Phi) is 7.39. The quantitative estimate of drug-likeness (QED) is 0.135. The van der Waals surface area contributed by atoms with Gasteiger partial charge in [0.05, 0.1) is 38.7 Å². The smallest absolute Gasteiger partial charge is 0.354 e. The molecule has 3 rings (SSSR count). The lowest BCUT2D eigenvalue weighted by Crippen LogP contribution is -3.05. The summed E-state index contributed by atoms with van der Waals surface area (Å²) in [6.45, 7) is 4.03. The number of Topliss-reactive ketones (excluding diaryl/α,β-unsaturated/α-hetero) is 1. The number of esters is 1. The molecule has 35 heavy (non-hydrogen) atoms. The molecule has 1 atom stereocenters. The second-order valence-electron chi connectivity index (χ2n) is 8.75. The summed E-state index contributed by atoms with van der Waals surface area (Å²) in [7, 11) is 5.11. The third-order valence-corrected chi connectivity index (χ3v) is 6.06. The van der Waals surface area contributed by atoms with Gasteiger partial charge in [0.15, 0.2) is 0 Å². The average Bonchev–Trinajstić information content (AvgIpc) is 3.25. The monoisotopic (exact) mass is 484 g/mol. The topological polar surface area (TPSA) is 150 Å². The van der Waals surface area contributed by atoms with Crippen LogP contribution in [0.15, 0.2) is 29.8 Å². The van der Waals surface area contributed by atoms with Crippen molar-refractivity contribution in [3.63, 3.8) is 0 Å². The fraction of sp³-hybridized carbons (Fsp3) is 0.375. The van der Waals surface area contributed by atoms with Crippen LogP contribution in [-0.4, -0.2) is 66.8 Å². The van der Waals surface area contributed by atoms with Crippen molar-refractivity contribution >= 4 is 29.1 Å². The van der Waals surface area contributed by atoms with Crippen LogP contribution in [0.1, 0.15) is 45.3 Å². The van der Waals surface area contributed by atoms with Crippen molar-refractivity contribution in [3.8, 4) is 0 Å². The third-order valence-electron chi connectivity index (χ3n) is 6.06. The Hall–Kier alpha value is -3.99. The molecule has 1 aliphatic rings. The highest BCUT2D eigenvalue weighted by atomic mass is 16.6. The third kappa shape index (κ3) is 4.80. The fourth-order valence-corrected chi connectivity index (χ4v) is 4.39. The van der Waals surface area contributed by atoms with E-state index in [1.54, 1.807) is 19.9 Å². The number of non-ortho nitro benzene ring substituents is 1. The Morgan fingerprint density at radius 1 is 1.26 bits per heavy atom. The largest absolute Gasteiger partial charge is 0.872 e. The number of aromatic amines is 1. The first-order valence-electron chi connectivity index (χ1n) is 11.1. The van der Waals surface area contributed by atoms with Gasteiger partial charge < -0.3 is 24.6 Å². The zero-order chi connectivity index (χ0) is 26.0. The molecule has 0 bridgehead atoms. The number of nitro groups is 1. The van der Waals surface area contributed by atoms with Crippen molar-refractivity contribution in [1.82, 2.24) is 9.88 Å². The molecule has 1 aliphatic heterocycles. The Balaban J connectivity index is 2.22. The first-order valence-corrected chi connectivity index (χ1v) is 11.1. The molecule has 2 heterocycles. The van der Waals surface area contributed by atoms with Gasteiger partial charge >= 0.3 is 5.97 Å². The molecule has 0 radical (unpaired) electrons. The van der Waals surface area contributed by atoms with E-state index in [1.807, 2.05) is 14.1 Å². The lowest BCUT2D eigenvalue weighted by atomic mass is 9.93. The minimum Gasteiger partial charge on any atom is -0.872 e. The Morgan fingerprint density at radius 2 is 1.94 bits per heavy atom. The molecule has 0 spiro atoms. The van der Waals surface area contributed by atoms with E-state index in [2.05, 4.69) is 4.98 Å². The number of benzene rings is 1. The molecule has 1 unspecified atom stereocenters. The first-order chi connectivity index (χ1) is 16.5. The van der Waals surface area contributed by atoms with Crippen molar-refractivity contribution in [2.75, 3.05) is 34.3 Å². The summed E-state index contributed by atoms with van der Waals surface area (Å²) in [5.41, 5.74) is 0.570. The molecule has 2 N–H and O–H groups in total. The number of ether oxygens (including phenoxy) is 1. The minimum atomic E-state index is -1.09. The van der Waals surface area contributed by atoms with Crippen molar-refractivity contribution < 1.29 is 34.1 Å². The van der Waals surface area contributed by atoms with Gasteiger partial charge in [0.25, 0.3) is 11.6 Å². The summed E-state index contributed by atoms with van der Waals surface area (Å²) in [6.07, 6.45) is 0.558. The molecule has 1 saturated heterocycles. The molecule has 11 heteroatoms. The van der Waals surface area contributed by atoms with Gasteiger partial charge in [-0.2, -0.15) is 0 Å². The van der Waals surface area contributed by atoms with E-state index in [4.69, 9.17) is 4.74 Å². The maximum absolute atomic E-state index is 13.8. The normalized spacial score (nSPS) is 17.3. The number of aromatic nitrogens is 1. The molecule has 0 aliphatic carbocycles. The molecule has 1 aromatic carbocycles. The molecule has 1 aromatic heterocycles. The highest BCUT2D eigenvalue weighted by molar-refractivity contribution is 6.46. The number of rotatable bonds is 8. The summed E-state index contributed by atoms with van der Waals surface area (Å²) in [6, 6.07) is 4.48. The van der Waals surface area contributed by atoms with E-state index < -0.39 is 34.4 Å². The number of nitro benzene ring substituents is 1. The summed E-state index contributed by atoms with van der Waals surface area (Å²) in [5, 5.41) is 25.1. The molecule has 11 nitrogen and oxygen atoms in total. The van der Waals surface area contributed by atoms with Crippen LogP contribution in [0.5, 0.6) is 0 Å². The number of carbonyl (C=O) groups excluding carboxylic acids is 3. The van der Waals surface area contributed by atoms with E-state index in [0.29, 0.717) is 24.2 Å². The van der Waals surface area contributed by atoms with Gasteiger partial charge in [0.2, 0.25) is 5.78 Å². The molecule has 2 aromatic rings. The summed E-state index contributed by atoms with van der Waals surface area (Å²) in [5.74, 6) is -3.17. The number of aryl methyl sites for hydroxylation is 1. The van der Waals surface area contributed by atoms with E-state index in [-0.39, 0.29) is 34.6 Å². The molecule has 186 valence electrons. The van der Waals surface area contributed by atoms with Gasteiger partial charge in [0, 0.05) is 36.4 Å². The van der Waals surface area contributed by atoms with Crippen molar-refractivity contribution in [1.29, 1.82) is 0 Å². The van der Waals surface area contributed by atoms with Crippen LogP contribution >= 0.6 is 0 Å². The van der Waals surface area contributed by atoms with Crippen LogP contribution in [0.25, 0.3) is 5.76 Å².